The molecule has 0 bridgehead atoms. The van der Waals surface area contributed by atoms with E-state index in [1.165, 1.54) is 6.21 Å². The zero-order valence-corrected chi connectivity index (χ0v) is 15.0. The van der Waals surface area contributed by atoms with Gasteiger partial charge in [0.25, 0.3) is 0 Å². The van der Waals surface area contributed by atoms with Gasteiger partial charge in [0, 0.05) is 30.5 Å². The van der Waals surface area contributed by atoms with Crippen LogP contribution in [0.1, 0.15) is 11.1 Å². The molecule has 0 aliphatic carbocycles. The van der Waals surface area contributed by atoms with E-state index in [-0.39, 0.29) is 0 Å². The summed E-state index contributed by atoms with van der Waals surface area (Å²) < 4.78 is 0. The lowest BCUT2D eigenvalue weighted by Gasteiger charge is -2.11. The third-order valence-corrected chi connectivity index (χ3v) is 3.92. The lowest BCUT2D eigenvalue weighted by Crippen LogP contribution is -2.32. The maximum absolute atomic E-state index is 11.9. The van der Waals surface area contributed by atoms with Crippen molar-refractivity contribution >= 4 is 41.0 Å². The summed E-state index contributed by atoms with van der Waals surface area (Å²) in [5.41, 5.74) is 5.23. The van der Waals surface area contributed by atoms with E-state index in [0.717, 1.165) is 11.3 Å². The summed E-state index contributed by atoms with van der Waals surface area (Å²) in [6, 6.07) is 12.6. The number of nitrogens with one attached hydrogen (secondary N) is 2. The van der Waals surface area contributed by atoms with Crippen LogP contribution in [-0.4, -0.2) is 32.1 Å². The molecule has 0 radical (unpaired) electrons. The molecule has 2 amide bonds. The lowest BCUT2D eigenvalue weighted by atomic mass is 10.2. The number of benzene rings is 2. The number of hydrogen-bond acceptors (Lipinski definition) is 4. The summed E-state index contributed by atoms with van der Waals surface area (Å²) in [5.74, 6) is -1.67. The molecular weight excluding hydrogens is 340 g/mol. The van der Waals surface area contributed by atoms with Crippen LogP contribution in [-0.2, 0) is 9.59 Å². The summed E-state index contributed by atoms with van der Waals surface area (Å²) in [5, 5.41) is 6.81. The minimum absolute atomic E-state index is 0.482. The van der Waals surface area contributed by atoms with Gasteiger partial charge in [-0.1, -0.05) is 29.8 Å². The molecule has 2 aromatic carbocycles. The third kappa shape index (κ3) is 5.06. The second-order valence-corrected chi connectivity index (χ2v) is 5.96. The van der Waals surface area contributed by atoms with E-state index >= 15 is 0 Å². The van der Waals surface area contributed by atoms with E-state index in [0.29, 0.717) is 16.3 Å². The Balaban J connectivity index is 1.92. The van der Waals surface area contributed by atoms with Crippen LogP contribution in [0.3, 0.4) is 0 Å². The average Bonchev–Trinajstić information content (AvgIpc) is 2.59. The molecule has 0 unspecified atom stereocenters. The molecule has 0 heterocycles. The zero-order chi connectivity index (χ0) is 18.4. The Kier molecular flexibility index (Phi) is 6.14. The van der Waals surface area contributed by atoms with Gasteiger partial charge in [0.2, 0.25) is 0 Å². The first-order valence-corrected chi connectivity index (χ1v) is 7.93. The van der Waals surface area contributed by atoms with Crippen molar-refractivity contribution in [2.24, 2.45) is 5.10 Å². The summed E-state index contributed by atoms with van der Waals surface area (Å²) in [7, 11) is 3.90. The molecular formula is C18H19ClN4O2. The van der Waals surface area contributed by atoms with Crippen LogP contribution in [0.15, 0.2) is 47.6 Å². The molecule has 0 atom stereocenters. The van der Waals surface area contributed by atoms with Gasteiger partial charge in [-0.25, -0.2) is 5.43 Å². The monoisotopic (exact) mass is 358 g/mol. The van der Waals surface area contributed by atoms with Gasteiger partial charge in [0.15, 0.2) is 0 Å². The molecule has 2 aromatic rings. The molecule has 6 nitrogen and oxygen atoms in total. The Labute approximate surface area is 151 Å². The predicted molar refractivity (Wildman–Crippen MR) is 101 cm³/mol. The van der Waals surface area contributed by atoms with Gasteiger partial charge >= 0.3 is 11.8 Å². The Bertz CT molecular complexity index is 801. The smallest absolute Gasteiger partial charge is 0.329 e. The normalized spacial score (nSPS) is 10.6. The van der Waals surface area contributed by atoms with Crippen LogP contribution >= 0.6 is 11.6 Å². The van der Waals surface area contributed by atoms with Gasteiger partial charge < -0.3 is 10.2 Å². The molecule has 7 heteroatoms. The van der Waals surface area contributed by atoms with Crippen LogP contribution in [0.4, 0.5) is 11.4 Å². The van der Waals surface area contributed by atoms with Crippen LogP contribution in [0.25, 0.3) is 0 Å². The molecule has 0 fully saturated rings. The van der Waals surface area contributed by atoms with Crippen molar-refractivity contribution in [1.29, 1.82) is 0 Å². The quantitative estimate of drug-likeness (QED) is 0.501. The van der Waals surface area contributed by atoms with Crippen LogP contribution in [0.5, 0.6) is 0 Å². The molecule has 0 aliphatic heterocycles. The fraction of sp³-hybridized carbons (Fsp3) is 0.167. The van der Waals surface area contributed by atoms with Crippen molar-refractivity contribution < 1.29 is 9.59 Å². The van der Waals surface area contributed by atoms with Crippen molar-refractivity contribution in [3.05, 3.63) is 58.6 Å². The molecule has 0 saturated carbocycles. The Morgan fingerprint density at radius 2 is 1.76 bits per heavy atom. The second kappa shape index (κ2) is 8.30. The first-order chi connectivity index (χ1) is 11.9. The highest BCUT2D eigenvalue weighted by Gasteiger charge is 2.14. The predicted octanol–water partition coefficient (Wildman–Crippen LogP) is 2.80. The SMILES string of the molecule is Cc1c(Cl)cccc1NC(=O)C(=O)NN=Cc1ccc(N(C)C)cc1. The van der Waals surface area contributed by atoms with Crippen LogP contribution in [0, 0.1) is 6.92 Å². The zero-order valence-electron chi connectivity index (χ0n) is 14.2. The van der Waals surface area contributed by atoms with Gasteiger partial charge in [-0.2, -0.15) is 5.10 Å². The summed E-state index contributed by atoms with van der Waals surface area (Å²) >= 11 is 5.98. The molecule has 0 aromatic heterocycles. The fourth-order valence-electron chi connectivity index (χ4n) is 2.00. The van der Waals surface area contributed by atoms with Crippen molar-refractivity contribution in [2.75, 3.05) is 24.3 Å². The van der Waals surface area contributed by atoms with E-state index in [4.69, 9.17) is 11.6 Å². The van der Waals surface area contributed by atoms with Gasteiger partial charge in [-0.05, 0) is 42.3 Å². The molecule has 0 spiro atoms. The van der Waals surface area contributed by atoms with Crippen molar-refractivity contribution in [1.82, 2.24) is 5.43 Å². The standard InChI is InChI=1S/C18H19ClN4O2/c1-12-15(19)5-4-6-16(12)21-17(24)18(25)22-20-11-13-7-9-14(10-8-13)23(2)3/h4-11H,1-3H3,(H,21,24)(H,22,25). The number of carbonyl (C=O) groups excluding carboxylic acids is 2. The Morgan fingerprint density at radius 1 is 1.08 bits per heavy atom. The average molecular weight is 359 g/mol. The minimum Gasteiger partial charge on any atom is -0.378 e. The molecule has 0 aliphatic rings. The molecule has 25 heavy (non-hydrogen) atoms. The highest BCUT2D eigenvalue weighted by Crippen LogP contribution is 2.22. The number of hydrazone groups is 1. The lowest BCUT2D eigenvalue weighted by molar-refractivity contribution is -0.136. The number of carbonyl (C=O) groups is 2. The molecule has 2 rings (SSSR count). The largest absolute Gasteiger partial charge is 0.378 e. The van der Waals surface area contributed by atoms with Crippen molar-refractivity contribution in [2.45, 2.75) is 6.92 Å². The summed E-state index contributed by atoms with van der Waals surface area (Å²) in [6.07, 6.45) is 1.47. The molecule has 0 saturated heterocycles. The number of anilines is 2. The van der Waals surface area contributed by atoms with E-state index in [1.54, 1.807) is 25.1 Å². The molecule has 130 valence electrons. The highest BCUT2D eigenvalue weighted by molar-refractivity contribution is 6.40. The van der Waals surface area contributed by atoms with Crippen LogP contribution < -0.4 is 15.6 Å². The van der Waals surface area contributed by atoms with Gasteiger partial charge in [0.1, 0.15) is 0 Å². The van der Waals surface area contributed by atoms with E-state index in [9.17, 15) is 9.59 Å². The number of amides is 2. The van der Waals surface area contributed by atoms with Gasteiger partial charge in [-0.3, -0.25) is 9.59 Å². The van der Waals surface area contributed by atoms with Crippen LogP contribution in [0.2, 0.25) is 5.02 Å². The van der Waals surface area contributed by atoms with Crippen molar-refractivity contribution in [3.8, 4) is 0 Å². The molecule has 2 N–H and O–H groups in total. The third-order valence-electron chi connectivity index (χ3n) is 3.51. The van der Waals surface area contributed by atoms with E-state index in [1.807, 2.05) is 43.3 Å². The highest BCUT2D eigenvalue weighted by atomic mass is 35.5. The second-order valence-electron chi connectivity index (χ2n) is 5.55. The first-order valence-electron chi connectivity index (χ1n) is 7.55. The number of hydrogen-bond donors (Lipinski definition) is 2. The summed E-state index contributed by atoms with van der Waals surface area (Å²) in [4.78, 5) is 25.7. The van der Waals surface area contributed by atoms with E-state index < -0.39 is 11.8 Å². The minimum atomic E-state index is -0.861. The topological polar surface area (TPSA) is 73.8 Å². The summed E-state index contributed by atoms with van der Waals surface area (Å²) in [6.45, 7) is 1.76. The number of halogens is 1. The van der Waals surface area contributed by atoms with Crippen molar-refractivity contribution in [3.63, 3.8) is 0 Å². The first kappa shape index (κ1) is 18.5. The maximum atomic E-state index is 11.9. The Hall–Kier alpha value is -2.86. The number of nitrogens with zero attached hydrogens (tertiary/aromatic N) is 2. The van der Waals surface area contributed by atoms with Gasteiger partial charge in [-0.15, -0.1) is 0 Å². The number of rotatable bonds is 4. The maximum Gasteiger partial charge on any atom is 0.329 e. The Morgan fingerprint density at radius 3 is 2.40 bits per heavy atom. The van der Waals surface area contributed by atoms with E-state index in [2.05, 4.69) is 15.8 Å². The van der Waals surface area contributed by atoms with Gasteiger partial charge in [0.05, 0.1) is 6.21 Å². The fourth-order valence-corrected chi connectivity index (χ4v) is 2.17.